The predicted octanol–water partition coefficient (Wildman–Crippen LogP) is 4.79. The molecular weight excluding hydrogens is 184 g/mol. The summed E-state index contributed by atoms with van der Waals surface area (Å²) in [6.45, 7) is 6.84. The molecule has 1 aromatic carbocycles. The lowest BCUT2D eigenvalue weighted by Crippen LogP contribution is -1.84. The second kappa shape index (κ2) is 12.8. The lowest BCUT2D eigenvalue weighted by Gasteiger charge is -1.98. The van der Waals surface area contributed by atoms with E-state index in [1.165, 1.54) is 12.0 Å². The fourth-order valence-electron chi connectivity index (χ4n) is 0.815. The predicted molar refractivity (Wildman–Crippen MR) is 68.7 cm³/mol. The van der Waals surface area contributed by atoms with Crippen molar-refractivity contribution in [2.75, 3.05) is 0 Å². The highest BCUT2D eigenvalue weighted by Gasteiger charge is 1.86. The minimum atomic E-state index is 0. The third-order valence-electron chi connectivity index (χ3n) is 1.33. The molecule has 1 aromatic rings. The molecule has 0 saturated carbocycles. The smallest absolute Gasteiger partial charge is 0.112 e. The van der Waals surface area contributed by atoms with E-state index in [1.807, 2.05) is 43.3 Å². The van der Waals surface area contributed by atoms with Gasteiger partial charge in [0.2, 0.25) is 0 Å². The second-order valence-corrected chi connectivity index (χ2v) is 2.97. The van der Waals surface area contributed by atoms with Gasteiger partial charge >= 0.3 is 0 Å². The average Bonchev–Trinajstić information content (AvgIpc) is 2.21. The van der Waals surface area contributed by atoms with Gasteiger partial charge in [0.05, 0.1) is 6.26 Å². The number of benzene rings is 1. The van der Waals surface area contributed by atoms with Crippen molar-refractivity contribution in [3.63, 3.8) is 0 Å². The SMILES string of the molecule is C.CC=COCc1ccccc1.CCC. The summed E-state index contributed by atoms with van der Waals surface area (Å²) in [5.41, 5.74) is 1.20. The molecule has 1 heteroatoms. The minimum absolute atomic E-state index is 0. The molecule has 0 amide bonds. The molecule has 1 nitrogen and oxygen atoms in total. The zero-order valence-corrected chi connectivity index (χ0v) is 9.36. The molecule has 0 aromatic heterocycles. The van der Waals surface area contributed by atoms with Crippen LogP contribution in [0.4, 0.5) is 0 Å². The van der Waals surface area contributed by atoms with Crippen LogP contribution in [-0.2, 0) is 11.3 Å². The zero-order valence-electron chi connectivity index (χ0n) is 9.36. The van der Waals surface area contributed by atoms with Crippen LogP contribution >= 0.6 is 0 Å². The van der Waals surface area contributed by atoms with Gasteiger partial charge in [-0.3, -0.25) is 0 Å². The van der Waals surface area contributed by atoms with E-state index in [2.05, 4.69) is 13.8 Å². The summed E-state index contributed by atoms with van der Waals surface area (Å²) >= 11 is 0. The maximum absolute atomic E-state index is 5.19. The van der Waals surface area contributed by atoms with Gasteiger partial charge in [0.15, 0.2) is 0 Å². The van der Waals surface area contributed by atoms with Gasteiger partial charge in [-0.25, -0.2) is 0 Å². The number of hydrogen-bond acceptors (Lipinski definition) is 1. The van der Waals surface area contributed by atoms with Gasteiger partial charge in [-0.05, 0) is 12.5 Å². The van der Waals surface area contributed by atoms with Gasteiger partial charge in [0.25, 0.3) is 0 Å². The van der Waals surface area contributed by atoms with Crippen molar-refractivity contribution in [1.82, 2.24) is 0 Å². The van der Waals surface area contributed by atoms with Crippen LogP contribution in [0.2, 0.25) is 0 Å². The molecule has 0 radical (unpaired) electrons. The van der Waals surface area contributed by atoms with Crippen molar-refractivity contribution in [1.29, 1.82) is 0 Å². The molecule has 0 heterocycles. The molecule has 0 saturated heterocycles. The Hall–Kier alpha value is -1.24. The highest BCUT2D eigenvalue weighted by atomic mass is 16.5. The van der Waals surface area contributed by atoms with Gasteiger partial charge in [-0.1, -0.05) is 64.1 Å². The van der Waals surface area contributed by atoms with E-state index in [4.69, 9.17) is 4.74 Å². The quantitative estimate of drug-likeness (QED) is 0.649. The van der Waals surface area contributed by atoms with Gasteiger partial charge in [0.1, 0.15) is 6.61 Å². The maximum atomic E-state index is 5.19. The highest BCUT2D eigenvalue weighted by molar-refractivity contribution is 5.13. The topological polar surface area (TPSA) is 9.23 Å². The number of ether oxygens (including phenoxy) is 1. The standard InChI is InChI=1S/C10H12O.C3H8.CH4/c1-2-8-11-9-10-6-4-3-5-7-10;1-3-2;/h2-8H,9H2,1H3;3H2,1-2H3;1H4. The first-order valence-corrected chi connectivity index (χ1v) is 5.11. The Morgan fingerprint density at radius 1 is 1.13 bits per heavy atom. The summed E-state index contributed by atoms with van der Waals surface area (Å²) < 4.78 is 5.19. The van der Waals surface area contributed by atoms with Crippen molar-refractivity contribution in [2.24, 2.45) is 0 Å². The molecule has 0 fully saturated rings. The third-order valence-corrected chi connectivity index (χ3v) is 1.33. The normalized spacial score (nSPS) is 8.73. The molecule has 0 aliphatic heterocycles. The van der Waals surface area contributed by atoms with Crippen LogP contribution in [0.5, 0.6) is 0 Å². The second-order valence-electron chi connectivity index (χ2n) is 2.97. The van der Waals surface area contributed by atoms with Crippen LogP contribution in [0, 0.1) is 0 Å². The molecule has 0 atom stereocenters. The van der Waals surface area contributed by atoms with E-state index in [1.54, 1.807) is 6.26 Å². The maximum Gasteiger partial charge on any atom is 0.112 e. The van der Waals surface area contributed by atoms with Crippen LogP contribution in [0.25, 0.3) is 0 Å². The molecule has 0 aliphatic carbocycles. The fraction of sp³-hybridized carbons (Fsp3) is 0.429. The lowest BCUT2D eigenvalue weighted by atomic mass is 10.2. The van der Waals surface area contributed by atoms with Crippen molar-refractivity contribution in [2.45, 2.75) is 41.2 Å². The summed E-state index contributed by atoms with van der Waals surface area (Å²) in [5.74, 6) is 0. The van der Waals surface area contributed by atoms with Gasteiger partial charge < -0.3 is 4.74 Å². The van der Waals surface area contributed by atoms with E-state index >= 15 is 0 Å². The van der Waals surface area contributed by atoms with E-state index in [0.717, 1.165) is 0 Å². The Labute approximate surface area is 94.8 Å². The summed E-state index contributed by atoms with van der Waals surface area (Å²) in [6, 6.07) is 10.1. The first kappa shape index (κ1) is 16.2. The molecule has 0 aliphatic rings. The Kier molecular flexibility index (Phi) is 13.8. The van der Waals surface area contributed by atoms with Crippen LogP contribution in [-0.4, -0.2) is 0 Å². The van der Waals surface area contributed by atoms with E-state index in [0.29, 0.717) is 6.61 Å². The van der Waals surface area contributed by atoms with Crippen molar-refractivity contribution in [3.8, 4) is 0 Å². The van der Waals surface area contributed by atoms with Gasteiger partial charge in [-0.15, -0.1) is 0 Å². The van der Waals surface area contributed by atoms with E-state index < -0.39 is 0 Å². The summed E-state index contributed by atoms with van der Waals surface area (Å²) in [4.78, 5) is 0. The Morgan fingerprint density at radius 3 is 2.13 bits per heavy atom. The van der Waals surface area contributed by atoms with Gasteiger partial charge in [-0.2, -0.15) is 0 Å². The van der Waals surface area contributed by atoms with Crippen LogP contribution < -0.4 is 0 Å². The van der Waals surface area contributed by atoms with Crippen LogP contribution in [0.3, 0.4) is 0 Å². The van der Waals surface area contributed by atoms with Crippen LogP contribution in [0.15, 0.2) is 42.7 Å². The van der Waals surface area contributed by atoms with Crippen LogP contribution in [0.1, 0.15) is 40.2 Å². The largest absolute Gasteiger partial charge is 0.497 e. The lowest BCUT2D eigenvalue weighted by molar-refractivity contribution is 0.236. The number of hydrogen-bond donors (Lipinski definition) is 0. The number of rotatable bonds is 3. The summed E-state index contributed by atoms with van der Waals surface area (Å²) in [7, 11) is 0. The minimum Gasteiger partial charge on any atom is -0.497 e. The summed E-state index contributed by atoms with van der Waals surface area (Å²) in [5, 5.41) is 0. The molecular formula is C14H24O. The Bertz CT molecular complexity index is 226. The Balaban J connectivity index is 0. The monoisotopic (exact) mass is 208 g/mol. The molecule has 0 N–H and O–H groups in total. The molecule has 0 spiro atoms. The van der Waals surface area contributed by atoms with E-state index in [-0.39, 0.29) is 7.43 Å². The molecule has 0 bridgehead atoms. The highest BCUT2D eigenvalue weighted by Crippen LogP contribution is 1.99. The van der Waals surface area contributed by atoms with Crippen molar-refractivity contribution in [3.05, 3.63) is 48.2 Å². The third kappa shape index (κ3) is 10.7. The first-order valence-electron chi connectivity index (χ1n) is 5.11. The van der Waals surface area contributed by atoms with Crippen molar-refractivity contribution < 1.29 is 4.74 Å². The van der Waals surface area contributed by atoms with Gasteiger partial charge in [0, 0.05) is 0 Å². The average molecular weight is 208 g/mol. The molecule has 1 rings (SSSR count). The zero-order chi connectivity index (χ0) is 10.6. The summed E-state index contributed by atoms with van der Waals surface area (Å²) in [6.07, 6.45) is 4.83. The van der Waals surface area contributed by atoms with Crippen molar-refractivity contribution >= 4 is 0 Å². The molecule has 86 valence electrons. The molecule has 15 heavy (non-hydrogen) atoms. The Morgan fingerprint density at radius 2 is 1.67 bits per heavy atom. The molecule has 0 unspecified atom stereocenters. The fourth-order valence-corrected chi connectivity index (χ4v) is 0.815. The number of allylic oxidation sites excluding steroid dienone is 1. The first-order chi connectivity index (χ1) is 6.85. The van der Waals surface area contributed by atoms with E-state index in [9.17, 15) is 0 Å².